The van der Waals surface area contributed by atoms with E-state index in [1.54, 1.807) is 11.3 Å². The van der Waals surface area contributed by atoms with Crippen molar-refractivity contribution >= 4 is 23.2 Å². The summed E-state index contributed by atoms with van der Waals surface area (Å²) < 4.78 is 0. The van der Waals surface area contributed by atoms with Crippen LogP contribution < -0.4 is 16.4 Å². The van der Waals surface area contributed by atoms with Crippen LogP contribution in [0.1, 0.15) is 41.1 Å². The molecule has 1 amide bonds. The second-order valence-electron chi connectivity index (χ2n) is 5.94. The molecule has 0 saturated carbocycles. The molecule has 1 atom stereocenters. The van der Waals surface area contributed by atoms with Crippen molar-refractivity contribution in [3.8, 4) is 0 Å². The number of nitrogens with zero attached hydrogens (tertiary/aromatic N) is 1. The maximum Gasteiger partial charge on any atom is 0.251 e. The largest absolute Gasteiger partial charge is 0.370 e. The smallest absolute Gasteiger partial charge is 0.251 e. The van der Waals surface area contributed by atoms with Gasteiger partial charge < -0.3 is 16.4 Å². The Kier molecular flexibility index (Phi) is 7.47. The molecule has 1 aromatic heterocycles. The van der Waals surface area contributed by atoms with E-state index < -0.39 is 0 Å². The number of carbonyl (C=O) groups excluding carboxylic acids is 1. The molecule has 1 unspecified atom stereocenters. The summed E-state index contributed by atoms with van der Waals surface area (Å²) in [5.41, 5.74) is 7.51. The van der Waals surface area contributed by atoms with E-state index in [0.717, 1.165) is 24.9 Å². The van der Waals surface area contributed by atoms with Crippen LogP contribution in [0, 0.1) is 0 Å². The van der Waals surface area contributed by atoms with Gasteiger partial charge in [-0.25, -0.2) is 4.99 Å². The molecule has 0 fully saturated rings. The molecule has 0 aliphatic heterocycles. The van der Waals surface area contributed by atoms with Crippen LogP contribution >= 0.6 is 11.3 Å². The Balaban J connectivity index is 1.84. The number of hydrogen-bond donors (Lipinski definition) is 3. The van der Waals surface area contributed by atoms with Crippen molar-refractivity contribution in [2.24, 2.45) is 10.7 Å². The first-order chi connectivity index (χ1) is 12.1. The monoisotopic (exact) mass is 358 g/mol. The predicted molar refractivity (Wildman–Crippen MR) is 105 cm³/mol. The summed E-state index contributed by atoms with van der Waals surface area (Å²) in [5, 5.41) is 8.15. The van der Waals surface area contributed by atoms with Crippen molar-refractivity contribution in [1.29, 1.82) is 0 Å². The van der Waals surface area contributed by atoms with Crippen molar-refractivity contribution in [2.75, 3.05) is 6.54 Å². The van der Waals surface area contributed by atoms with Crippen LogP contribution in [0.15, 0.2) is 46.8 Å². The van der Waals surface area contributed by atoms with Crippen LogP contribution in [0.5, 0.6) is 0 Å². The van der Waals surface area contributed by atoms with Gasteiger partial charge >= 0.3 is 0 Å². The summed E-state index contributed by atoms with van der Waals surface area (Å²) in [6.07, 6.45) is 1.84. The Morgan fingerprint density at radius 1 is 1.32 bits per heavy atom. The highest BCUT2D eigenvalue weighted by Gasteiger charge is 2.08. The molecule has 25 heavy (non-hydrogen) atoms. The second-order valence-corrected chi connectivity index (χ2v) is 6.97. The van der Waals surface area contributed by atoms with Gasteiger partial charge in [-0.1, -0.05) is 25.1 Å². The molecule has 2 aromatic rings. The fourth-order valence-electron chi connectivity index (χ4n) is 2.22. The van der Waals surface area contributed by atoms with Crippen LogP contribution in [0.2, 0.25) is 0 Å². The van der Waals surface area contributed by atoms with E-state index in [2.05, 4.69) is 27.1 Å². The van der Waals surface area contributed by atoms with Gasteiger partial charge in [0.1, 0.15) is 0 Å². The van der Waals surface area contributed by atoms with Crippen LogP contribution in [-0.4, -0.2) is 24.5 Å². The van der Waals surface area contributed by atoms with Crippen LogP contribution in [-0.2, 0) is 13.0 Å². The zero-order valence-corrected chi connectivity index (χ0v) is 15.6. The highest BCUT2D eigenvalue weighted by Crippen LogP contribution is 2.09. The van der Waals surface area contributed by atoms with Gasteiger partial charge in [0.15, 0.2) is 5.96 Å². The minimum Gasteiger partial charge on any atom is -0.370 e. The molecule has 4 N–H and O–H groups in total. The Labute approximate surface area is 153 Å². The summed E-state index contributed by atoms with van der Waals surface area (Å²) in [6.45, 7) is 5.24. The Morgan fingerprint density at radius 3 is 2.88 bits per heavy atom. The van der Waals surface area contributed by atoms with E-state index in [4.69, 9.17) is 5.73 Å². The Bertz CT molecular complexity index is 697. The van der Waals surface area contributed by atoms with Gasteiger partial charge in [0.25, 0.3) is 5.91 Å². The SMILES string of the molecule is CCC(C)NC(=O)c1cccc(CN=C(N)NCCc2cccs2)c1. The number of rotatable bonds is 8. The fourth-order valence-corrected chi connectivity index (χ4v) is 2.93. The third-order valence-corrected chi connectivity index (χ3v) is 4.80. The Hall–Kier alpha value is -2.34. The molecule has 1 aromatic carbocycles. The van der Waals surface area contributed by atoms with E-state index in [1.165, 1.54) is 4.88 Å². The third kappa shape index (κ3) is 6.58. The number of hydrogen-bond acceptors (Lipinski definition) is 3. The van der Waals surface area contributed by atoms with E-state index in [-0.39, 0.29) is 11.9 Å². The molecule has 1 heterocycles. The molecule has 134 valence electrons. The molecule has 5 nitrogen and oxygen atoms in total. The van der Waals surface area contributed by atoms with Gasteiger partial charge in [-0.05, 0) is 48.9 Å². The highest BCUT2D eigenvalue weighted by atomic mass is 32.1. The van der Waals surface area contributed by atoms with E-state index in [0.29, 0.717) is 18.1 Å². The zero-order valence-electron chi connectivity index (χ0n) is 14.8. The summed E-state index contributed by atoms with van der Waals surface area (Å²) in [5.74, 6) is 0.369. The minimum absolute atomic E-state index is 0.0535. The first kappa shape index (κ1) is 19.0. The molecule has 2 rings (SSSR count). The van der Waals surface area contributed by atoms with Crippen LogP contribution in [0.25, 0.3) is 0 Å². The molecular formula is C19H26N4OS. The molecule has 0 bridgehead atoms. The lowest BCUT2D eigenvalue weighted by molar-refractivity contribution is 0.0939. The van der Waals surface area contributed by atoms with Gasteiger partial charge in [0, 0.05) is 23.0 Å². The van der Waals surface area contributed by atoms with Gasteiger partial charge in [-0.15, -0.1) is 11.3 Å². The summed E-state index contributed by atoms with van der Waals surface area (Å²) in [4.78, 5) is 17.8. The lowest BCUT2D eigenvalue weighted by Crippen LogP contribution is -2.33. The summed E-state index contributed by atoms with van der Waals surface area (Å²) in [6, 6.07) is 11.8. The maximum atomic E-state index is 12.2. The number of nitrogens with one attached hydrogen (secondary N) is 2. The molecule has 0 saturated heterocycles. The van der Waals surface area contributed by atoms with E-state index in [1.807, 2.05) is 44.2 Å². The minimum atomic E-state index is -0.0535. The normalized spacial score (nSPS) is 12.6. The van der Waals surface area contributed by atoms with Crippen LogP contribution in [0.4, 0.5) is 0 Å². The predicted octanol–water partition coefficient (Wildman–Crippen LogP) is 2.92. The quantitative estimate of drug-likeness (QED) is 0.501. The number of nitrogens with two attached hydrogens (primary N) is 1. The highest BCUT2D eigenvalue weighted by molar-refractivity contribution is 7.09. The second kappa shape index (κ2) is 9.84. The van der Waals surface area contributed by atoms with Crippen molar-refractivity contribution in [3.63, 3.8) is 0 Å². The van der Waals surface area contributed by atoms with E-state index in [9.17, 15) is 4.79 Å². The van der Waals surface area contributed by atoms with E-state index >= 15 is 0 Å². The fraction of sp³-hybridized carbons (Fsp3) is 0.368. The van der Waals surface area contributed by atoms with Gasteiger partial charge in [0.05, 0.1) is 6.54 Å². The zero-order chi connectivity index (χ0) is 18.1. The van der Waals surface area contributed by atoms with Crippen molar-refractivity contribution < 1.29 is 4.79 Å². The molecule has 6 heteroatoms. The van der Waals surface area contributed by atoms with Crippen LogP contribution in [0.3, 0.4) is 0 Å². The Morgan fingerprint density at radius 2 is 2.16 bits per heavy atom. The first-order valence-corrected chi connectivity index (χ1v) is 9.42. The number of carbonyl (C=O) groups is 1. The van der Waals surface area contributed by atoms with Crippen molar-refractivity contribution in [3.05, 3.63) is 57.8 Å². The average molecular weight is 359 g/mol. The first-order valence-electron chi connectivity index (χ1n) is 8.54. The number of guanidine groups is 1. The standard InChI is InChI=1S/C19H26N4OS/c1-3-14(2)23-18(24)16-7-4-6-15(12-16)13-22-19(20)21-10-9-17-8-5-11-25-17/h4-8,11-12,14H,3,9-10,13H2,1-2H3,(H,23,24)(H3,20,21,22). The average Bonchev–Trinajstić information content (AvgIpc) is 3.13. The summed E-state index contributed by atoms with van der Waals surface area (Å²) in [7, 11) is 0. The number of amides is 1. The molecule has 0 spiro atoms. The van der Waals surface area contributed by atoms with Gasteiger partial charge in [-0.3, -0.25) is 4.79 Å². The molecule has 0 aliphatic carbocycles. The maximum absolute atomic E-state index is 12.2. The van der Waals surface area contributed by atoms with Crippen molar-refractivity contribution in [1.82, 2.24) is 10.6 Å². The lowest BCUT2D eigenvalue weighted by Gasteiger charge is -2.11. The molecular weight excluding hydrogens is 332 g/mol. The van der Waals surface area contributed by atoms with Gasteiger partial charge in [0.2, 0.25) is 0 Å². The third-order valence-electron chi connectivity index (χ3n) is 3.87. The summed E-state index contributed by atoms with van der Waals surface area (Å²) >= 11 is 1.74. The molecule has 0 radical (unpaired) electrons. The topological polar surface area (TPSA) is 79.5 Å². The van der Waals surface area contributed by atoms with Gasteiger partial charge in [-0.2, -0.15) is 0 Å². The molecule has 0 aliphatic rings. The number of aliphatic imine (C=N–C) groups is 1. The lowest BCUT2D eigenvalue weighted by atomic mass is 10.1. The van der Waals surface area contributed by atoms with Crippen molar-refractivity contribution in [2.45, 2.75) is 39.3 Å². The number of benzene rings is 1. The number of thiophene rings is 1.